The highest BCUT2D eigenvalue weighted by atomic mass is 35.5. The summed E-state index contributed by atoms with van der Waals surface area (Å²) in [7, 11) is 0. The molecular weight excluding hydrogens is 364 g/mol. The first-order chi connectivity index (χ1) is 13.1. The van der Waals surface area contributed by atoms with Crippen LogP contribution < -0.4 is 15.5 Å². The van der Waals surface area contributed by atoms with Crippen LogP contribution in [0.2, 0.25) is 5.02 Å². The highest BCUT2D eigenvalue weighted by Gasteiger charge is 2.21. The summed E-state index contributed by atoms with van der Waals surface area (Å²) in [6.07, 6.45) is 5.58. The van der Waals surface area contributed by atoms with Crippen LogP contribution in [0.4, 0.5) is 5.69 Å². The lowest BCUT2D eigenvalue weighted by molar-refractivity contribution is -0.139. The SMILES string of the molecule is O=C(NCc1ccc(Cl)cc1)C(=O)NCC1CCN(c2cccnc2)CC1. The Kier molecular flexibility index (Phi) is 6.65. The number of piperidine rings is 1. The minimum atomic E-state index is -0.613. The third kappa shape index (κ3) is 5.69. The van der Waals surface area contributed by atoms with Gasteiger partial charge in [-0.1, -0.05) is 23.7 Å². The van der Waals surface area contributed by atoms with Crippen molar-refractivity contribution < 1.29 is 9.59 Å². The number of amides is 2. The van der Waals surface area contributed by atoms with Gasteiger partial charge in [0.25, 0.3) is 0 Å². The largest absolute Gasteiger partial charge is 0.370 e. The predicted octanol–water partition coefficient (Wildman–Crippen LogP) is 2.38. The number of halogens is 1. The van der Waals surface area contributed by atoms with Gasteiger partial charge in [-0.3, -0.25) is 14.6 Å². The monoisotopic (exact) mass is 386 g/mol. The topological polar surface area (TPSA) is 74.3 Å². The third-order valence-electron chi connectivity index (χ3n) is 4.75. The molecule has 1 aliphatic heterocycles. The molecule has 27 heavy (non-hydrogen) atoms. The van der Waals surface area contributed by atoms with Crippen molar-refractivity contribution >= 4 is 29.1 Å². The minimum Gasteiger partial charge on any atom is -0.370 e. The summed E-state index contributed by atoms with van der Waals surface area (Å²) in [4.78, 5) is 30.4. The Bertz CT molecular complexity index is 759. The first-order valence-electron chi connectivity index (χ1n) is 9.07. The van der Waals surface area contributed by atoms with Crippen LogP contribution >= 0.6 is 11.6 Å². The molecule has 3 rings (SSSR count). The van der Waals surface area contributed by atoms with E-state index in [4.69, 9.17) is 11.6 Å². The van der Waals surface area contributed by atoms with E-state index in [1.807, 2.05) is 24.4 Å². The Morgan fingerprint density at radius 3 is 2.44 bits per heavy atom. The maximum atomic E-state index is 12.0. The highest BCUT2D eigenvalue weighted by Crippen LogP contribution is 2.21. The van der Waals surface area contributed by atoms with E-state index < -0.39 is 11.8 Å². The molecule has 1 aliphatic rings. The average molecular weight is 387 g/mol. The lowest BCUT2D eigenvalue weighted by Crippen LogP contribution is -2.43. The van der Waals surface area contributed by atoms with Crippen LogP contribution in [-0.4, -0.2) is 36.4 Å². The zero-order chi connectivity index (χ0) is 19.1. The summed E-state index contributed by atoms with van der Waals surface area (Å²) >= 11 is 5.83. The molecule has 0 saturated carbocycles. The Morgan fingerprint density at radius 1 is 1.07 bits per heavy atom. The Morgan fingerprint density at radius 2 is 1.78 bits per heavy atom. The molecule has 2 aromatic rings. The number of aromatic nitrogens is 1. The Hall–Kier alpha value is -2.60. The first-order valence-corrected chi connectivity index (χ1v) is 9.45. The van der Waals surface area contributed by atoms with Crippen LogP contribution in [0.25, 0.3) is 0 Å². The van der Waals surface area contributed by atoms with E-state index in [-0.39, 0.29) is 0 Å². The van der Waals surface area contributed by atoms with Crippen molar-refractivity contribution in [1.29, 1.82) is 0 Å². The first kappa shape index (κ1) is 19.2. The van der Waals surface area contributed by atoms with Crippen LogP contribution in [0.3, 0.4) is 0 Å². The van der Waals surface area contributed by atoms with E-state index >= 15 is 0 Å². The van der Waals surface area contributed by atoms with Crippen molar-refractivity contribution in [2.24, 2.45) is 5.92 Å². The van der Waals surface area contributed by atoms with E-state index in [9.17, 15) is 9.59 Å². The van der Waals surface area contributed by atoms with Gasteiger partial charge in [0, 0.05) is 37.4 Å². The summed E-state index contributed by atoms with van der Waals surface area (Å²) in [6, 6.07) is 11.1. The van der Waals surface area contributed by atoms with Gasteiger partial charge in [0.05, 0.1) is 11.9 Å². The van der Waals surface area contributed by atoms with Gasteiger partial charge in [0.2, 0.25) is 0 Å². The second kappa shape index (κ2) is 9.37. The number of carbonyl (C=O) groups excluding carboxylic acids is 2. The van der Waals surface area contributed by atoms with Crippen LogP contribution in [0.5, 0.6) is 0 Å². The van der Waals surface area contributed by atoms with Crippen molar-refractivity contribution in [3.63, 3.8) is 0 Å². The van der Waals surface area contributed by atoms with E-state index in [0.29, 0.717) is 24.0 Å². The van der Waals surface area contributed by atoms with Crippen LogP contribution in [0, 0.1) is 5.92 Å². The minimum absolute atomic E-state index is 0.299. The van der Waals surface area contributed by atoms with Crippen molar-refractivity contribution in [2.45, 2.75) is 19.4 Å². The average Bonchev–Trinajstić information content (AvgIpc) is 2.72. The van der Waals surface area contributed by atoms with Gasteiger partial charge in [0.15, 0.2) is 0 Å². The van der Waals surface area contributed by atoms with Gasteiger partial charge in [-0.25, -0.2) is 0 Å². The van der Waals surface area contributed by atoms with E-state index in [1.165, 1.54) is 0 Å². The molecule has 0 aliphatic carbocycles. The molecule has 2 amide bonds. The molecule has 6 nitrogen and oxygen atoms in total. The third-order valence-corrected chi connectivity index (χ3v) is 5.00. The fourth-order valence-corrected chi connectivity index (χ4v) is 3.24. The Balaban J connectivity index is 1.36. The van der Waals surface area contributed by atoms with Crippen LogP contribution in [-0.2, 0) is 16.1 Å². The summed E-state index contributed by atoms with van der Waals surface area (Å²) < 4.78 is 0. The fourth-order valence-electron chi connectivity index (χ4n) is 3.12. The van der Waals surface area contributed by atoms with Crippen molar-refractivity contribution in [2.75, 3.05) is 24.5 Å². The number of pyridine rings is 1. The van der Waals surface area contributed by atoms with Gasteiger partial charge >= 0.3 is 11.8 Å². The summed E-state index contributed by atoms with van der Waals surface area (Å²) in [6.45, 7) is 2.67. The molecule has 7 heteroatoms. The lowest BCUT2D eigenvalue weighted by atomic mass is 9.96. The molecule has 0 bridgehead atoms. The maximum absolute atomic E-state index is 12.0. The number of anilines is 1. The maximum Gasteiger partial charge on any atom is 0.309 e. The van der Waals surface area contributed by atoms with Crippen molar-refractivity contribution in [1.82, 2.24) is 15.6 Å². The van der Waals surface area contributed by atoms with Gasteiger partial charge in [0.1, 0.15) is 0 Å². The molecule has 2 N–H and O–H groups in total. The molecule has 0 spiro atoms. The second-order valence-corrected chi connectivity index (χ2v) is 7.10. The molecular formula is C20H23ClN4O2. The van der Waals surface area contributed by atoms with Crippen molar-refractivity contribution in [3.05, 3.63) is 59.4 Å². The summed E-state index contributed by atoms with van der Waals surface area (Å²) in [5.74, 6) is -0.817. The van der Waals surface area contributed by atoms with E-state index in [1.54, 1.807) is 18.3 Å². The molecule has 1 aromatic heterocycles. The molecule has 2 heterocycles. The number of nitrogens with one attached hydrogen (secondary N) is 2. The zero-order valence-electron chi connectivity index (χ0n) is 15.0. The molecule has 0 radical (unpaired) electrons. The zero-order valence-corrected chi connectivity index (χ0v) is 15.8. The normalized spacial score (nSPS) is 14.6. The van der Waals surface area contributed by atoms with Crippen LogP contribution in [0.15, 0.2) is 48.8 Å². The van der Waals surface area contributed by atoms with E-state index in [2.05, 4.69) is 26.6 Å². The number of nitrogens with zero attached hydrogens (tertiary/aromatic N) is 2. The standard InChI is InChI=1S/C20H23ClN4O2/c21-17-5-3-15(4-6-17)12-23-19(26)20(27)24-13-16-7-10-25(11-8-16)18-2-1-9-22-14-18/h1-6,9,14,16H,7-8,10-13H2,(H,23,26)(H,24,27). The number of benzene rings is 1. The molecule has 0 atom stereocenters. The second-order valence-electron chi connectivity index (χ2n) is 6.66. The van der Waals surface area contributed by atoms with Gasteiger partial charge < -0.3 is 15.5 Å². The van der Waals surface area contributed by atoms with Gasteiger partial charge in [-0.15, -0.1) is 0 Å². The van der Waals surface area contributed by atoms with Crippen molar-refractivity contribution in [3.8, 4) is 0 Å². The van der Waals surface area contributed by atoms with Gasteiger partial charge in [-0.05, 0) is 48.6 Å². The smallest absolute Gasteiger partial charge is 0.309 e. The molecule has 1 fully saturated rings. The summed E-state index contributed by atoms with van der Waals surface area (Å²) in [5, 5.41) is 6.01. The number of hydrogen-bond acceptors (Lipinski definition) is 4. The predicted molar refractivity (Wildman–Crippen MR) is 105 cm³/mol. The quantitative estimate of drug-likeness (QED) is 0.774. The molecule has 1 aromatic carbocycles. The lowest BCUT2D eigenvalue weighted by Gasteiger charge is -2.33. The Labute approximate surface area is 163 Å². The molecule has 142 valence electrons. The van der Waals surface area contributed by atoms with Crippen LogP contribution in [0.1, 0.15) is 18.4 Å². The van der Waals surface area contributed by atoms with E-state index in [0.717, 1.165) is 37.2 Å². The number of hydrogen-bond donors (Lipinski definition) is 2. The summed E-state index contributed by atoms with van der Waals surface area (Å²) in [5.41, 5.74) is 2.02. The molecule has 1 saturated heterocycles. The number of carbonyl (C=O) groups is 2. The molecule has 0 unspecified atom stereocenters. The fraction of sp³-hybridized carbons (Fsp3) is 0.350. The van der Waals surface area contributed by atoms with Gasteiger partial charge in [-0.2, -0.15) is 0 Å². The highest BCUT2D eigenvalue weighted by molar-refractivity contribution is 6.35. The number of rotatable bonds is 5.